The number of nitrogens with zero attached hydrogens (tertiary/aromatic N) is 1. The van der Waals surface area contributed by atoms with E-state index in [9.17, 15) is 4.79 Å². The molecule has 1 heterocycles. The van der Waals surface area contributed by atoms with Crippen LogP contribution in [0, 0.1) is 0 Å². The van der Waals surface area contributed by atoms with E-state index in [2.05, 4.69) is 29.4 Å². The van der Waals surface area contributed by atoms with Crippen molar-refractivity contribution in [2.75, 3.05) is 30.8 Å². The lowest BCUT2D eigenvalue weighted by molar-refractivity contribution is -0.121. The van der Waals surface area contributed by atoms with Crippen LogP contribution >= 0.6 is 21.6 Å². The first kappa shape index (κ1) is 17.5. The number of carbonyl (C=O) groups excluding carboxylic acids is 1. The molecule has 1 aromatic carbocycles. The monoisotopic (exact) mass is 338 g/mol. The average Bonchev–Trinajstić information content (AvgIpc) is 3.06. The fourth-order valence-electron chi connectivity index (χ4n) is 2.49. The largest absolute Gasteiger partial charge is 0.373 e. The number of nitrogens with one attached hydrogen (secondary N) is 1. The van der Waals surface area contributed by atoms with Gasteiger partial charge in [-0.2, -0.15) is 0 Å². The highest BCUT2D eigenvalue weighted by molar-refractivity contribution is 8.77. The lowest BCUT2D eigenvalue weighted by atomic mass is 10.1. The van der Waals surface area contributed by atoms with E-state index < -0.39 is 0 Å². The number of rotatable bonds is 9. The van der Waals surface area contributed by atoms with Crippen molar-refractivity contribution >= 4 is 33.2 Å². The molecule has 1 fully saturated rings. The molecule has 0 saturated carbocycles. The van der Waals surface area contributed by atoms with Crippen LogP contribution in [0.25, 0.3) is 0 Å². The molecule has 1 aliphatic heterocycles. The van der Waals surface area contributed by atoms with Gasteiger partial charge in [0.2, 0.25) is 5.91 Å². The predicted octanol–water partition coefficient (Wildman–Crippen LogP) is 3.95. The molecule has 0 aromatic heterocycles. The van der Waals surface area contributed by atoms with Crippen molar-refractivity contribution in [2.45, 2.75) is 37.4 Å². The number of anilines is 1. The van der Waals surface area contributed by atoms with Crippen molar-refractivity contribution in [3.8, 4) is 0 Å². The molecular formula is C17H26N2OS2. The number of likely N-dealkylation sites (N-methyl/N-ethyl adjacent to an activating group) is 1. The molecule has 1 N–H and O–H groups in total. The van der Waals surface area contributed by atoms with Crippen LogP contribution in [0.3, 0.4) is 0 Å². The van der Waals surface area contributed by atoms with Crippen LogP contribution in [0.2, 0.25) is 0 Å². The van der Waals surface area contributed by atoms with Gasteiger partial charge in [-0.25, -0.2) is 0 Å². The van der Waals surface area contributed by atoms with Gasteiger partial charge in [0, 0.05) is 43.2 Å². The maximum absolute atomic E-state index is 11.8. The van der Waals surface area contributed by atoms with Crippen LogP contribution in [-0.2, 0) is 4.79 Å². The Balaban J connectivity index is 1.50. The SMILES string of the molecule is CN(CCNC(=O)CCCCC1CCSS1)c1ccccc1. The van der Waals surface area contributed by atoms with E-state index in [0.717, 1.165) is 18.2 Å². The van der Waals surface area contributed by atoms with Crippen molar-refractivity contribution in [3.63, 3.8) is 0 Å². The van der Waals surface area contributed by atoms with E-state index in [0.29, 0.717) is 13.0 Å². The summed E-state index contributed by atoms with van der Waals surface area (Å²) in [6.45, 7) is 1.55. The predicted molar refractivity (Wildman–Crippen MR) is 99.6 cm³/mol. The Kier molecular flexibility index (Phi) is 8.02. The zero-order valence-corrected chi connectivity index (χ0v) is 14.9. The molecule has 0 spiro atoms. The summed E-state index contributed by atoms with van der Waals surface area (Å²) in [5.41, 5.74) is 1.18. The van der Waals surface area contributed by atoms with Crippen molar-refractivity contribution in [2.24, 2.45) is 0 Å². The second-order valence-corrected chi connectivity index (χ2v) is 8.47. The Morgan fingerprint density at radius 1 is 1.32 bits per heavy atom. The normalized spacial score (nSPS) is 17.4. The zero-order chi connectivity index (χ0) is 15.6. The zero-order valence-electron chi connectivity index (χ0n) is 13.3. The van der Waals surface area contributed by atoms with E-state index in [-0.39, 0.29) is 5.91 Å². The van der Waals surface area contributed by atoms with Gasteiger partial charge in [0.25, 0.3) is 0 Å². The van der Waals surface area contributed by atoms with Gasteiger partial charge in [-0.15, -0.1) is 0 Å². The molecule has 22 heavy (non-hydrogen) atoms. The number of amides is 1. The summed E-state index contributed by atoms with van der Waals surface area (Å²) in [6, 6.07) is 10.3. The van der Waals surface area contributed by atoms with Gasteiger partial charge in [0.15, 0.2) is 0 Å². The molecule has 5 heteroatoms. The molecule has 1 atom stereocenters. The first-order chi connectivity index (χ1) is 10.8. The fourth-order valence-corrected chi connectivity index (χ4v) is 5.51. The fraction of sp³-hybridized carbons (Fsp3) is 0.588. The van der Waals surface area contributed by atoms with E-state index in [1.54, 1.807) is 0 Å². The Morgan fingerprint density at radius 3 is 2.86 bits per heavy atom. The van der Waals surface area contributed by atoms with Crippen LogP contribution in [0.1, 0.15) is 32.1 Å². The first-order valence-corrected chi connectivity index (χ1v) is 10.4. The summed E-state index contributed by atoms with van der Waals surface area (Å²) < 4.78 is 0. The molecule has 2 rings (SSSR count). The third kappa shape index (κ3) is 6.53. The molecule has 122 valence electrons. The van der Waals surface area contributed by atoms with Crippen LogP contribution in [0.15, 0.2) is 30.3 Å². The van der Waals surface area contributed by atoms with Crippen molar-refractivity contribution in [1.82, 2.24) is 5.32 Å². The summed E-state index contributed by atoms with van der Waals surface area (Å²) in [5, 5.41) is 3.85. The number of unbranched alkanes of at least 4 members (excludes halogenated alkanes) is 1. The molecule has 1 aliphatic rings. The molecule has 1 amide bonds. The molecule has 1 aromatic rings. The van der Waals surface area contributed by atoms with Gasteiger partial charge < -0.3 is 10.2 Å². The summed E-state index contributed by atoms with van der Waals surface area (Å²) >= 11 is 0. The van der Waals surface area contributed by atoms with Crippen LogP contribution < -0.4 is 10.2 Å². The van der Waals surface area contributed by atoms with Crippen molar-refractivity contribution in [3.05, 3.63) is 30.3 Å². The standard InChI is InChI=1S/C17H26N2OS2/c1-19(15-7-3-2-4-8-15)13-12-18-17(20)10-6-5-9-16-11-14-21-22-16/h2-4,7-8,16H,5-6,9-14H2,1H3,(H,18,20). The second kappa shape index (κ2) is 10.1. The summed E-state index contributed by atoms with van der Waals surface area (Å²) in [4.78, 5) is 14.0. The molecule has 1 saturated heterocycles. The number of hydrogen-bond donors (Lipinski definition) is 1. The lowest BCUT2D eigenvalue weighted by Crippen LogP contribution is -2.32. The maximum atomic E-state index is 11.8. The maximum Gasteiger partial charge on any atom is 0.220 e. The van der Waals surface area contributed by atoms with Crippen LogP contribution in [0.4, 0.5) is 5.69 Å². The Morgan fingerprint density at radius 2 is 2.14 bits per heavy atom. The van der Waals surface area contributed by atoms with E-state index in [1.807, 2.05) is 39.8 Å². The molecular weight excluding hydrogens is 312 g/mol. The Hall–Kier alpha value is -0.810. The van der Waals surface area contributed by atoms with Gasteiger partial charge in [-0.1, -0.05) is 46.2 Å². The van der Waals surface area contributed by atoms with Crippen molar-refractivity contribution in [1.29, 1.82) is 0 Å². The van der Waals surface area contributed by atoms with Gasteiger partial charge in [-0.05, 0) is 31.4 Å². The smallest absolute Gasteiger partial charge is 0.220 e. The van der Waals surface area contributed by atoms with E-state index >= 15 is 0 Å². The highest BCUT2D eigenvalue weighted by atomic mass is 33.1. The molecule has 3 nitrogen and oxygen atoms in total. The Bertz CT molecular complexity index is 436. The number of hydrogen-bond acceptors (Lipinski definition) is 4. The quantitative estimate of drug-likeness (QED) is 0.546. The molecule has 0 bridgehead atoms. The second-order valence-electron chi connectivity index (χ2n) is 5.68. The number of benzene rings is 1. The first-order valence-electron chi connectivity index (χ1n) is 8.07. The highest BCUT2D eigenvalue weighted by Crippen LogP contribution is 2.39. The average molecular weight is 339 g/mol. The number of carbonyl (C=O) groups is 1. The summed E-state index contributed by atoms with van der Waals surface area (Å²) in [6.07, 6.45) is 5.46. The highest BCUT2D eigenvalue weighted by Gasteiger charge is 2.15. The summed E-state index contributed by atoms with van der Waals surface area (Å²) in [7, 11) is 6.07. The third-order valence-electron chi connectivity index (χ3n) is 3.87. The van der Waals surface area contributed by atoms with Gasteiger partial charge in [0.05, 0.1) is 0 Å². The minimum Gasteiger partial charge on any atom is -0.373 e. The van der Waals surface area contributed by atoms with Crippen molar-refractivity contribution < 1.29 is 4.79 Å². The van der Waals surface area contributed by atoms with E-state index in [4.69, 9.17) is 0 Å². The topological polar surface area (TPSA) is 32.3 Å². The molecule has 0 radical (unpaired) electrons. The number of para-hydroxylation sites is 1. The summed E-state index contributed by atoms with van der Waals surface area (Å²) in [5.74, 6) is 1.49. The minimum atomic E-state index is 0.190. The van der Waals surface area contributed by atoms with Crippen LogP contribution in [-0.4, -0.2) is 37.0 Å². The lowest BCUT2D eigenvalue weighted by Gasteiger charge is -2.19. The van der Waals surface area contributed by atoms with Gasteiger partial charge in [-0.3, -0.25) is 4.79 Å². The van der Waals surface area contributed by atoms with Gasteiger partial charge >= 0.3 is 0 Å². The third-order valence-corrected chi connectivity index (χ3v) is 6.88. The van der Waals surface area contributed by atoms with E-state index in [1.165, 1.54) is 30.7 Å². The van der Waals surface area contributed by atoms with Crippen LogP contribution in [0.5, 0.6) is 0 Å². The molecule has 0 aliphatic carbocycles. The molecule has 1 unspecified atom stereocenters. The minimum absolute atomic E-state index is 0.190. The van der Waals surface area contributed by atoms with Gasteiger partial charge in [0.1, 0.15) is 0 Å². The Labute approximate surface area is 142 Å².